The SMILES string of the molecule is CC(CN)N1CCN(CCC(=O)NC2CC2)CC1. The predicted molar refractivity (Wildman–Crippen MR) is 72.3 cm³/mol. The van der Waals surface area contributed by atoms with Crippen molar-refractivity contribution in [2.75, 3.05) is 39.3 Å². The van der Waals surface area contributed by atoms with Gasteiger partial charge in [-0.15, -0.1) is 0 Å². The van der Waals surface area contributed by atoms with Gasteiger partial charge in [-0.05, 0) is 19.8 Å². The van der Waals surface area contributed by atoms with Crippen LogP contribution in [0.4, 0.5) is 0 Å². The summed E-state index contributed by atoms with van der Waals surface area (Å²) in [6, 6.07) is 0.963. The fourth-order valence-corrected chi connectivity index (χ4v) is 2.36. The Morgan fingerprint density at radius 2 is 2.00 bits per heavy atom. The first-order valence-corrected chi connectivity index (χ1v) is 7.15. The quantitative estimate of drug-likeness (QED) is 0.678. The number of piperazine rings is 1. The summed E-state index contributed by atoms with van der Waals surface area (Å²) in [6.07, 6.45) is 2.98. The van der Waals surface area contributed by atoms with Crippen LogP contribution in [0.5, 0.6) is 0 Å². The molecule has 0 aromatic carbocycles. The zero-order valence-electron chi connectivity index (χ0n) is 11.4. The van der Waals surface area contributed by atoms with Gasteiger partial charge in [0.15, 0.2) is 0 Å². The molecule has 1 aliphatic carbocycles. The van der Waals surface area contributed by atoms with Crippen LogP contribution in [0.25, 0.3) is 0 Å². The number of hydrogen-bond acceptors (Lipinski definition) is 4. The Morgan fingerprint density at radius 3 is 2.56 bits per heavy atom. The van der Waals surface area contributed by atoms with Crippen molar-refractivity contribution in [1.29, 1.82) is 0 Å². The van der Waals surface area contributed by atoms with Gasteiger partial charge in [0.05, 0.1) is 0 Å². The number of nitrogens with one attached hydrogen (secondary N) is 1. The van der Waals surface area contributed by atoms with Gasteiger partial charge >= 0.3 is 0 Å². The number of rotatable bonds is 6. The van der Waals surface area contributed by atoms with Crippen LogP contribution in [0.15, 0.2) is 0 Å². The highest BCUT2D eigenvalue weighted by atomic mass is 16.1. The fourth-order valence-electron chi connectivity index (χ4n) is 2.36. The van der Waals surface area contributed by atoms with Crippen LogP contribution in [0.1, 0.15) is 26.2 Å². The lowest BCUT2D eigenvalue weighted by Crippen LogP contribution is -2.51. The highest BCUT2D eigenvalue weighted by Crippen LogP contribution is 2.18. The highest BCUT2D eigenvalue weighted by molar-refractivity contribution is 5.76. The van der Waals surface area contributed by atoms with Crippen LogP contribution in [0.2, 0.25) is 0 Å². The zero-order valence-corrected chi connectivity index (χ0v) is 11.4. The molecular weight excluding hydrogens is 228 g/mol. The van der Waals surface area contributed by atoms with Gasteiger partial charge in [0.1, 0.15) is 0 Å². The monoisotopic (exact) mass is 254 g/mol. The molecule has 1 atom stereocenters. The van der Waals surface area contributed by atoms with E-state index >= 15 is 0 Å². The molecule has 3 N–H and O–H groups in total. The molecule has 18 heavy (non-hydrogen) atoms. The Labute approximate surface area is 110 Å². The molecule has 1 aliphatic heterocycles. The standard InChI is InChI=1S/C13H26N4O/c1-11(10-14)17-8-6-16(7-9-17)5-4-13(18)15-12-2-3-12/h11-12H,2-10,14H2,1H3,(H,15,18). The first-order valence-electron chi connectivity index (χ1n) is 7.15. The second kappa shape index (κ2) is 6.50. The highest BCUT2D eigenvalue weighted by Gasteiger charge is 2.24. The zero-order chi connectivity index (χ0) is 13.0. The van der Waals surface area contributed by atoms with Gasteiger partial charge in [0.2, 0.25) is 5.91 Å². The molecule has 0 spiro atoms. The van der Waals surface area contributed by atoms with E-state index in [-0.39, 0.29) is 5.91 Å². The van der Waals surface area contributed by atoms with Gasteiger partial charge in [-0.25, -0.2) is 0 Å². The van der Waals surface area contributed by atoms with Crippen LogP contribution in [-0.4, -0.2) is 67.1 Å². The third-order valence-corrected chi connectivity index (χ3v) is 3.97. The molecule has 0 radical (unpaired) electrons. The average Bonchev–Trinajstić information content (AvgIpc) is 3.20. The Kier molecular flexibility index (Phi) is 4.97. The van der Waals surface area contributed by atoms with E-state index in [2.05, 4.69) is 22.0 Å². The molecule has 1 saturated carbocycles. The van der Waals surface area contributed by atoms with Crippen LogP contribution in [-0.2, 0) is 4.79 Å². The fraction of sp³-hybridized carbons (Fsp3) is 0.923. The van der Waals surface area contributed by atoms with Gasteiger partial charge in [-0.3, -0.25) is 9.69 Å². The number of hydrogen-bond donors (Lipinski definition) is 2. The van der Waals surface area contributed by atoms with Gasteiger partial charge < -0.3 is 16.0 Å². The Balaban J connectivity index is 1.59. The maximum Gasteiger partial charge on any atom is 0.221 e. The summed E-state index contributed by atoms with van der Waals surface area (Å²) in [7, 11) is 0. The number of nitrogens with two attached hydrogens (primary N) is 1. The average molecular weight is 254 g/mol. The van der Waals surface area contributed by atoms with E-state index in [4.69, 9.17) is 5.73 Å². The van der Waals surface area contributed by atoms with Crippen molar-refractivity contribution >= 4 is 5.91 Å². The Bertz CT molecular complexity index is 272. The Hall–Kier alpha value is -0.650. The molecule has 1 heterocycles. The van der Waals surface area contributed by atoms with E-state index in [0.29, 0.717) is 18.5 Å². The molecule has 1 unspecified atom stereocenters. The molecule has 5 heteroatoms. The second-order valence-corrected chi connectivity index (χ2v) is 5.55. The largest absolute Gasteiger partial charge is 0.353 e. The van der Waals surface area contributed by atoms with Crippen molar-refractivity contribution in [2.24, 2.45) is 5.73 Å². The van der Waals surface area contributed by atoms with E-state index in [9.17, 15) is 4.79 Å². The van der Waals surface area contributed by atoms with Crippen LogP contribution in [0, 0.1) is 0 Å². The molecule has 0 aromatic rings. The summed E-state index contributed by atoms with van der Waals surface area (Å²) >= 11 is 0. The van der Waals surface area contributed by atoms with Crippen molar-refractivity contribution in [3.8, 4) is 0 Å². The second-order valence-electron chi connectivity index (χ2n) is 5.55. The summed E-state index contributed by atoms with van der Waals surface area (Å²) in [6.45, 7) is 8.05. The van der Waals surface area contributed by atoms with E-state index in [1.54, 1.807) is 0 Å². The van der Waals surface area contributed by atoms with Crippen molar-refractivity contribution in [3.05, 3.63) is 0 Å². The van der Waals surface area contributed by atoms with Crippen molar-refractivity contribution < 1.29 is 4.79 Å². The van der Waals surface area contributed by atoms with Crippen molar-refractivity contribution in [2.45, 2.75) is 38.3 Å². The van der Waals surface area contributed by atoms with Crippen LogP contribution in [0.3, 0.4) is 0 Å². The molecule has 0 bridgehead atoms. The van der Waals surface area contributed by atoms with Crippen molar-refractivity contribution in [1.82, 2.24) is 15.1 Å². The minimum absolute atomic E-state index is 0.218. The molecule has 5 nitrogen and oxygen atoms in total. The van der Waals surface area contributed by atoms with Crippen LogP contribution < -0.4 is 11.1 Å². The molecule has 1 saturated heterocycles. The lowest BCUT2D eigenvalue weighted by Gasteiger charge is -2.37. The van der Waals surface area contributed by atoms with Crippen molar-refractivity contribution in [3.63, 3.8) is 0 Å². The van der Waals surface area contributed by atoms with E-state index in [0.717, 1.165) is 39.3 Å². The molecule has 104 valence electrons. The summed E-state index contributed by atoms with van der Waals surface area (Å²) in [5.41, 5.74) is 5.68. The maximum absolute atomic E-state index is 11.6. The lowest BCUT2D eigenvalue weighted by molar-refractivity contribution is -0.121. The van der Waals surface area contributed by atoms with Gasteiger partial charge in [0.25, 0.3) is 0 Å². The molecule has 2 aliphatic rings. The lowest BCUT2D eigenvalue weighted by atomic mass is 10.2. The van der Waals surface area contributed by atoms with Crippen LogP contribution >= 0.6 is 0 Å². The number of carbonyl (C=O) groups excluding carboxylic acids is 1. The predicted octanol–water partition coefficient (Wildman–Crippen LogP) is -0.380. The molecule has 1 amide bonds. The number of nitrogens with zero attached hydrogens (tertiary/aromatic N) is 2. The summed E-state index contributed by atoms with van der Waals surface area (Å²) in [4.78, 5) is 16.4. The first kappa shape index (κ1) is 13.8. The summed E-state index contributed by atoms with van der Waals surface area (Å²) < 4.78 is 0. The van der Waals surface area contributed by atoms with Gasteiger partial charge in [-0.2, -0.15) is 0 Å². The van der Waals surface area contributed by atoms with E-state index < -0.39 is 0 Å². The maximum atomic E-state index is 11.6. The normalized spacial score (nSPS) is 23.9. The third-order valence-electron chi connectivity index (χ3n) is 3.97. The molecule has 0 aromatic heterocycles. The third kappa shape index (κ3) is 4.23. The topological polar surface area (TPSA) is 61.6 Å². The molecule has 2 rings (SSSR count). The summed E-state index contributed by atoms with van der Waals surface area (Å²) in [5, 5.41) is 3.04. The molecular formula is C13H26N4O. The van der Waals surface area contributed by atoms with Gasteiger partial charge in [-0.1, -0.05) is 0 Å². The smallest absolute Gasteiger partial charge is 0.221 e. The number of amides is 1. The first-order chi connectivity index (χ1) is 8.69. The molecule has 2 fully saturated rings. The minimum Gasteiger partial charge on any atom is -0.353 e. The van der Waals surface area contributed by atoms with Gasteiger partial charge in [0, 0.05) is 57.8 Å². The summed E-state index contributed by atoms with van der Waals surface area (Å²) in [5.74, 6) is 0.218. The minimum atomic E-state index is 0.218. The van der Waals surface area contributed by atoms with E-state index in [1.165, 1.54) is 12.8 Å². The van der Waals surface area contributed by atoms with E-state index in [1.807, 2.05) is 0 Å². The number of carbonyl (C=O) groups is 1. The Morgan fingerprint density at radius 1 is 1.33 bits per heavy atom.